The zero-order valence-corrected chi connectivity index (χ0v) is 18.0. The third-order valence-corrected chi connectivity index (χ3v) is 7.61. The van der Waals surface area contributed by atoms with Gasteiger partial charge in [0.05, 0.1) is 0 Å². The lowest BCUT2D eigenvalue weighted by Crippen LogP contribution is -2.28. The maximum Gasteiger partial charge on any atom is 0.0216 e. The Hall–Kier alpha value is -2.38. The van der Waals surface area contributed by atoms with Crippen LogP contribution in [0.1, 0.15) is 43.2 Å². The van der Waals surface area contributed by atoms with Crippen LogP contribution in [0.4, 0.5) is 0 Å². The fourth-order valence-electron chi connectivity index (χ4n) is 5.87. The van der Waals surface area contributed by atoms with Crippen molar-refractivity contribution in [2.45, 2.75) is 37.5 Å². The Bertz CT molecular complexity index is 1230. The van der Waals surface area contributed by atoms with Crippen LogP contribution < -0.4 is 0 Å². The van der Waals surface area contributed by atoms with Gasteiger partial charge in [-0.15, -0.1) is 0 Å². The second kappa shape index (κ2) is 6.57. The van der Waals surface area contributed by atoms with Gasteiger partial charge in [0.15, 0.2) is 0 Å². The van der Waals surface area contributed by atoms with Gasteiger partial charge in [0.25, 0.3) is 0 Å². The lowest BCUT2D eigenvalue weighted by Gasteiger charge is -2.36. The van der Waals surface area contributed by atoms with Gasteiger partial charge >= 0.3 is 0 Å². The van der Waals surface area contributed by atoms with E-state index in [9.17, 15) is 0 Å². The van der Waals surface area contributed by atoms with Crippen LogP contribution in [0.2, 0.25) is 0 Å². The van der Waals surface area contributed by atoms with Crippen LogP contribution in [0.15, 0.2) is 83.3 Å². The normalized spacial score (nSPS) is 16.7. The first-order valence-corrected chi connectivity index (χ1v) is 11.5. The minimum absolute atomic E-state index is 0.167. The van der Waals surface area contributed by atoms with Gasteiger partial charge in [-0.2, -0.15) is 0 Å². The SMILES string of the molecule is Brc1ccc2c(c1)C1(CCCCC1)c1cc(-c3ccccc3)c3ccccc3c1-2. The summed E-state index contributed by atoms with van der Waals surface area (Å²) in [4.78, 5) is 0. The zero-order chi connectivity index (χ0) is 19.4. The Balaban J connectivity index is 1.75. The highest BCUT2D eigenvalue weighted by Gasteiger charge is 2.44. The second-order valence-corrected chi connectivity index (χ2v) is 9.51. The first kappa shape index (κ1) is 17.5. The van der Waals surface area contributed by atoms with Crippen molar-refractivity contribution in [1.29, 1.82) is 0 Å². The predicted molar refractivity (Wildman–Crippen MR) is 126 cm³/mol. The molecule has 4 aromatic rings. The van der Waals surface area contributed by atoms with Gasteiger partial charge in [0.1, 0.15) is 0 Å². The highest BCUT2D eigenvalue weighted by molar-refractivity contribution is 9.10. The molecule has 1 fully saturated rings. The highest BCUT2D eigenvalue weighted by atomic mass is 79.9. The Morgan fingerprint density at radius 1 is 0.621 bits per heavy atom. The molecule has 2 aliphatic rings. The standard InChI is InChI=1S/C28H23Br/c29-20-13-14-23-25(17-20)28(15-7-2-8-16-28)26-18-24(19-9-3-1-4-10-19)21-11-5-6-12-22(21)27(23)26/h1,3-6,9-14,17-18H,2,7-8,15-16H2. The molecule has 29 heavy (non-hydrogen) atoms. The average molecular weight is 439 g/mol. The van der Waals surface area contributed by atoms with E-state index in [-0.39, 0.29) is 5.41 Å². The lowest BCUT2D eigenvalue weighted by molar-refractivity contribution is 0.353. The van der Waals surface area contributed by atoms with Crippen molar-refractivity contribution >= 4 is 26.7 Å². The lowest BCUT2D eigenvalue weighted by atomic mass is 9.67. The van der Waals surface area contributed by atoms with Gasteiger partial charge in [-0.1, -0.05) is 95.9 Å². The van der Waals surface area contributed by atoms with Crippen molar-refractivity contribution in [3.05, 3.63) is 94.5 Å². The topological polar surface area (TPSA) is 0 Å². The van der Waals surface area contributed by atoms with Gasteiger partial charge in [0, 0.05) is 9.89 Å². The van der Waals surface area contributed by atoms with Crippen molar-refractivity contribution in [3.63, 3.8) is 0 Å². The van der Waals surface area contributed by atoms with Crippen molar-refractivity contribution in [2.75, 3.05) is 0 Å². The second-order valence-electron chi connectivity index (χ2n) is 8.59. The summed E-state index contributed by atoms with van der Waals surface area (Å²) < 4.78 is 1.20. The van der Waals surface area contributed by atoms with Crippen LogP contribution in [0, 0.1) is 0 Å². The van der Waals surface area contributed by atoms with Gasteiger partial charge in [-0.05, 0) is 75.2 Å². The molecule has 0 aromatic heterocycles. The van der Waals surface area contributed by atoms with Crippen LogP contribution >= 0.6 is 15.9 Å². The number of fused-ring (bicyclic) bond motifs is 7. The van der Waals surface area contributed by atoms with Gasteiger partial charge in [0.2, 0.25) is 0 Å². The summed E-state index contributed by atoms with van der Waals surface area (Å²) in [7, 11) is 0. The molecule has 0 amide bonds. The van der Waals surface area contributed by atoms with E-state index in [0.717, 1.165) is 0 Å². The molecule has 1 heteroatoms. The molecule has 0 aliphatic heterocycles. The minimum atomic E-state index is 0.167. The molecule has 1 saturated carbocycles. The van der Waals surface area contributed by atoms with E-state index >= 15 is 0 Å². The van der Waals surface area contributed by atoms with Gasteiger partial charge in [-0.25, -0.2) is 0 Å². The highest BCUT2D eigenvalue weighted by Crippen LogP contribution is 2.58. The maximum absolute atomic E-state index is 3.76. The smallest absolute Gasteiger partial charge is 0.0216 e. The van der Waals surface area contributed by atoms with E-state index in [4.69, 9.17) is 0 Å². The summed E-state index contributed by atoms with van der Waals surface area (Å²) in [6.45, 7) is 0. The summed E-state index contributed by atoms with van der Waals surface area (Å²) >= 11 is 3.76. The molecule has 6 rings (SSSR count). The molecule has 0 saturated heterocycles. The molecule has 0 atom stereocenters. The largest absolute Gasteiger partial charge is 0.0622 e. The number of rotatable bonds is 1. The Morgan fingerprint density at radius 3 is 2.14 bits per heavy atom. The molecule has 0 N–H and O–H groups in total. The third kappa shape index (κ3) is 2.50. The van der Waals surface area contributed by atoms with E-state index in [1.807, 2.05) is 0 Å². The van der Waals surface area contributed by atoms with Gasteiger partial charge < -0.3 is 0 Å². The van der Waals surface area contributed by atoms with Crippen LogP contribution in [-0.2, 0) is 5.41 Å². The first-order valence-electron chi connectivity index (χ1n) is 10.7. The van der Waals surface area contributed by atoms with Crippen molar-refractivity contribution < 1.29 is 0 Å². The molecule has 142 valence electrons. The number of hydrogen-bond donors (Lipinski definition) is 0. The van der Waals surface area contributed by atoms with E-state index in [1.165, 1.54) is 75.2 Å². The monoisotopic (exact) mass is 438 g/mol. The quantitative estimate of drug-likeness (QED) is 0.279. The molecule has 0 heterocycles. The third-order valence-electron chi connectivity index (χ3n) is 7.12. The average Bonchev–Trinajstić information content (AvgIpc) is 3.03. The van der Waals surface area contributed by atoms with E-state index < -0.39 is 0 Å². The van der Waals surface area contributed by atoms with Crippen LogP contribution in [0.25, 0.3) is 33.0 Å². The number of benzene rings is 4. The van der Waals surface area contributed by atoms with Gasteiger partial charge in [-0.3, -0.25) is 0 Å². The van der Waals surface area contributed by atoms with E-state index in [1.54, 1.807) is 5.56 Å². The molecule has 0 radical (unpaired) electrons. The Morgan fingerprint density at radius 2 is 1.34 bits per heavy atom. The predicted octanol–water partition coefficient (Wildman–Crippen LogP) is 8.50. The van der Waals surface area contributed by atoms with E-state index in [2.05, 4.69) is 94.8 Å². The number of hydrogen-bond acceptors (Lipinski definition) is 0. The Labute approximate surface area is 180 Å². The molecular formula is C28H23Br. The van der Waals surface area contributed by atoms with Crippen LogP contribution in [0.3, 0.4) is 0 Å². The summed E-state index contributed by atoms with van der Waals surface area (Å²) in [5.74, 6) is 0. The van der Waals surface area contributed by atoms with Crippen molar-refractivity contribution in [3.8, 4) is 22.3 Å². The van der Waals surface area contributed by atoms with E-state index in [0.29, 0.717) is 0 Å². The fourth-order valence-corrected chi connectivity index (χ4v) is 6.23. The van der Waals surface area contributed by atoms with Crippen molar-refractivity contribution in [2.24, 2.45) is 0 Å². The summed E-state index contributed by atoms with van der Waals surface area (Å²) in [5, 5.41) is 2.76. The Kier molecular flexibility index (Phi) is 3.96. The summed E-state index contributed by atoms with van der Waals surface area (Å²) in [6.07, 6.45) is 6.52. The molecule has 0 unspecified atom stereocenters. The number of halogens is 1. The van der Waals surface area contributed by atoms with Crippen LogP contribution in [0.5, 0.6) is 0 Å². The fraction of sp³-hybridized carbons (Fsp3) is 0.214. The zero-order valence-electron chi connectivity index (χ0n) is 16.4. The molecule has 0 nitrogen and oxygen atoms in total. The summed E-state index contributed by atoms with van der Waals surface area (Å²) in [6, 6.07) is 29.4. The minimum Gasteiger partial charge on any atom is -0.0622 e. The van der Waals surface area contributed by atoms with Crippen LogP contribution in [-0.4, -0.2) is 0 Å². The molecule has 4 aromatic carbocycles. The van der Waals surface area contributed by atoms with Crippen molar-refractivity contribution in [1.82, 2.24) is 0 Å². The maximum atomic E-state index is 3.76. The summed E-state index contributed by atoms with van der Waals surface area (Å²) in [5.41, 5.74) is 8.87. The molecule has 1 spiro atoms. The molecule has 2 aliphatic carbocycles. The molecule has 0 bridgehead atoms. The first-order chi connectivity index (χ1) is 14.3. The molecular weight excluding hydrogens is 416 g/mol.